The Morgan fingerprint density at radius 1 is 0.659 bits per heavy atom. The molecular weight excluding hydrogens is 552 g/mol. The highest BCUT2D eigenvalue weighted by Crippen LogP contribution is 2.26. The molecule has 2 fully saturated rings. The minimum atomic E-state index is -0.167. The minimum Gasteiger partial charge on any atom is -0.378 e. The molecule has 2 heterocycles. The number of carbonyl (C=O) groups is 2. The Morgan fingerprint density at radius 3 is 1.80 bits per heavy atom. The number of rotatable bonds is 8. The van der Waals surface area contributed by atoms with Crippen LogP contribution in [0.2, 0.25) is 0 Å². The van der Waals surface area contributed by atoms with E-state index in [-0.39, 0.29) is 11.8 Å². The summed E-state index contributed by atoms with van der Waals surface area (Å²) < 4.78 is 10.9. The lowest BCUT2D eigenvalue weighted by Gasteiger charge is -2.28. The molecular formula is C36H38N4O4. The highest BCUT2D eigenvalue weighted by molar-refractivity contribution is 6.05. The average molecular weight is 591 g/mol. The topological polar surface area (TPSA) is 83.1 Å². The molecule has 2 amide bonds. The molecule has 8 heteroatoms. The number of benzene rings is 4. The number of hydrogen-bond donors (Lipinski definition) is 2. The van der Waals surface area contributed by atoms with E-state index in [2.05, 4.69) is 44.7 Å². The van der Waals surface area contributed by atoms with Gasteiger partial charge in [0.25, 0.3) is 11.8 Å². The van der Waals surface area contributed by atoms with E-state index in [4.69, 9.17) is 9.47 Å². The van der Waals surface area contributed by atoms with Crippen molar-refractivity contribution in [2.24, 2.45) is 0 Å². The summed E-state index contributed by atoms with van der Waals surface area (Å²) >= 11 is 0. The lowest BCUT2D eigenvalue weighted by molar-refractivity contribution is 0.0950. The number of hydrogen-bond acceptors (Lipinski definition) is 6. The number of nitrogens with zero attached hydrogens (tertiary/aromatic N) is 2. The van der Waals surface area contributed by atoms with E-state index < -0.39 is 0 Å². The molecule has 0 unspecified atom stereocenters. The number of carbonyl (C=O) groups excluding carboxylic acids is 2. The molecule has 0 saturated carbocycles. The molecule has 4 aromatic rings. The molecule has 2 aliphatic rings. The fraction of sp³-hybridized carbons (Fsp3) is 0.278. The fourth-order valence-corrected chi connectivity index (χ4v) is 5.59. The Morgan fingerprint density at radius 2 is 1.20 bits per heavy atom. The summed E-state index contributed by atoms with van der Waals surface area (Å²) in [5.41, 5.74) is 8.20. The summed E-state index contributed by atoms with van der Waals surface area (Å²) in [6.45, 7) is 8.97. The molecule has 44 heavy (non-hydrogen) atoms. The van der Waals surface area contributed by atoms with Crippen LogP contribution in [0.25, 0.3) is 11.1 Å². The standard InChI is InChI=1S/C36H38N4O4/c1-26-2-5-30(36(42)38-31-10-14-33(15-11-31)40-18-22-44-23-19-40)24-34(26)28-6-8-29(9-7-28)35(41)37-25-27-3-12-32(13-4-27)39-16-20-43-21-17-39/h2-15,24H,16-23,25H2,1H3,(H,37,41)(H,38,42). The van der Waals surface area contributed by atoms with Crippen LogP contribution in [0, 0.1) is 6.92 Å². The number of anilines is 3. The van der Waals surface area contributed by atoms with E-state index >= 15 is 0 Å². The van der Waals surface area contributed by atoms with Crippen molar-refractivity contribution in [1.82, 2.24) is 5.32 Å². The molecule has 2 saturated heterocycles. The summed E-state index contributed by atoms with van der Waals surface area (Å²) in [5.74, 6) is -0.294. The van der Waals surface area contributed by atoms with Gasteiger partial charge in [-0.15, -0.1) is 0 Å². The number of morpholine rings is 2. The molecule has 0 radical (unpaired) electrons. The van der Waals surface area contributed by atoms with Crippen molar-refractivity contribution >= 4 is 28.9 Å². The molecule has 8 nitrogen and oxygen atoms in total. The predicted molar refractivity (Wildman–Crippen MR) is 175 cm³/mol. The molecule has 4 aromatic carbocycles. The molecule has 6 rings (SSSR count). The van der Waals surface area contributed by atoms with Gasteiger partial charge in [0, 0.05) is 60.9 Å². The highest BCUT2D eigenvalue weighted by Gasteiger charge is 2.14. The van der Waals surface area contributed by atoms with Gasteiger partial charge in [-0.2, -0.15) is 0 Å². The third-order valence-corrected chi connectivity index (χ3v) is 8.22. The van der Waals surface area contributed by atoms with E-state index in [1.54, 1.807) is 0 Å². The lowest BCUT2D eigenvalue weighted by Crippen LogP contribution is -2.36. The van der Waals surface area contributed by atoms with Crippen LogP contribution >= 0.6 is 0 Å². The van der Waals surface area contributed by atoms with E-state index in [0.717, 1.165) is 86.2 Å². The van der Waals surface area contributed by atoms with Gasteiger partial charge in [0.2, 0.25) is 0 Å². The molecule has 226 valence electrons. The Balaban J connectivity index is 1.06. The maximum atomic E-state index is 13.1. The first-order chi connectivity index (χ1) is 21.5. The highest BCUT2D eigenvalue weighted by atomic mass is 16.5. The third kappa shape index (κ3) is 7.10. The van der Waals surface area contributed by atoms with Crippen LogP contribution in [0.4, 0.5) is 17.1 Å². The molecule has 0 atom stereocenters. The summed E-state index contributed by atoms with van der Waals surface area (Å²) in [4.78, 5) is 30.6. The molecule has 0 bridgehead atoms. The number of ether oxygens (including phenoxy) is 2. The Bertz CT molecular complexity index is 1570. The summed E-state index contributed by atoms with van der Waals surface area (Å²) in [6.07, 6.45) is 0. The van der Waals surface area contributed by atoms with Crippen molar-refractivity contribution in [3.63, 3.8) is 0 Å². The van der Waals surface area contributed by atoms with Crippen molar-refractivity contribution in [3.8, 4) is 11.1 Å². The monoisotopic (exact) mass is 590 g/mol. The number of aryl methyl sites for hydroxylation is 1. The van der Waals surface area contributed by atoms with E-state index in [1.807, 2.05) is 73.7 Å². The number of nitrogens with one attached hydrogen (secondary N) is 2. The Kier molecular flexibility index (Phi) is 9.20. The van der Waals surface area contributed by atoms with Crippen molar-refractivity contribution in [2.45, 2.75) is 13.5 Å². The maximum absolute atomic E-state index is 13.1. The fourth-order valence-electron chi connectivity index (χ4n) is 5.59. The largest absolute Gasteiger partial charge is 0.378 e. The predicted octanol–water partition coefficient (Wildman–Crippen LogP) is 5.52. The first-order valence-electron chi connectivity index (χ1n) is 15.2. The van der Waals surface area contributed by atoms with Crippen LogP contribution < -0.4 is 20.4 Å². The van der Waals surface area contributed by atoms with Crippen LogP contribution in [0.1, 0.15) is 31.8 Å². The second-order valence-electron chi connectivity index (χ2n) is 11.2. The minimum absolute atomic E-state index is 0.127. The quantitative estimate of drug-likeness (QED) is 0.281. The average Bonchev–Trinajstić information content (AvgIpc) is 3.09. The van der Waals surface area contributed by atoms with Crippen molar-refractivity contribution < 1.29 is 19.1 Å². The molecule has 2 aliphatic heterocycles. The normalized spacial score (nSPS) is 15.1. The van der Waals surface area contributed by atoms with Crippen LogP contribution in [0.15, 0.2) is 91.0 Å². The summed E-state index contributed by atoms with van der Waals surface area (Å²) in [7, 11) is 0. The summed E-state index contributed by atoms with van der Waals surface area (Å²) in [6, 6.07) is 29.4. The van der Waals surface area contributed by atoms with Crippen molar-refractivity contribution in [1.29, 1.82) is 0 Å². The van der Waals surface area contributed by atoms with E-state index in [1.165, 1.54) is 5.69 Å². The van der Waals surface area contributed by atoms with Gasteiger partial charge in [-0.05, 0) is 89.8 Å². The second-order valence-corrected chi connectivity index (χ2v) is 11.2. The lowest BCUT2D eigenvalue weighted by atomic mass is 9.97. The number of amides is 2. The molecule has 0 aromatic heterocycles. The zero-order valence-electron chi connectivity index (χ0n) is 25.1. The Labute approximate surface area is 258 Å². The third-order valence-electron chi connectivity index (χ3n) is 8.22. The molecule has 2 N–H and O–H groups in total. The first-order valence-corrected chi connectivity index (χ1v) is 15.2. The first kappa shape index (κ1) is 29.4. The van der Waals surface area contributed by atoms with Gasteiger partial charge in [0.1, 0.15) is 0 Å². The van der Waals surface area contributed by atoms with E-state index in [0.29, 0.717) is 17.7 Å². The van der Waals surface area contributed by atoms with Crippen molar-refractivity contribution in [3.05, 3.63) is 113 Å². The van der Waals surface area contributed by atoms with Gasteiger partial charge in [0.05, 0.1) is 26.4 Å². The van der Waals surface area contributed by atoms with Crippen LogP contribution in [-0.2, 0) is 16.0 Å². The van der Waals surface area contributed by atoms with Gasteiger partial charge in [0.15, 0.2) is 0 Å². The molecule has 0 aliphatic carbocycles. The van der Waals surface area contributed by atoms with E-state index in [9.17, 15) is 9.59 Å². The SMILES string of the molecule is Cc1ccc(C(=O)Nc2ccc(N3CCOCC3)cc2)cc1-c1ccc(C(=O)NCc2ccc(N3CCOCC3)cc2)cc1. The van der Waals surface area contributed by atoms with Crippen molar-refractivity contribution in [2.75, 3.05) is 67.7 Å². The maximum Gasteiger partial charge on any atom is 0.255 e. The van der Waals surface area contributed by atoms with Gasteiger partial charge in [-0.3, -0.25) is 9.59 Å². The smallest absolute Gasteiger partial charge is 0.255 e. The van der Waals surface area contributed by atoms with Crippen LogP contribution in [-0.4, -0.2) is 64.4 Å². The second kappa shape index (κ2) is 13.8. The van der Waals surface area contributed by atoms with Gasteiger partial charge < -0.3 is 29.9 Å². The van der Waals surface area contributed by atoms with Gasteiger partial charge in [-0.25, -0.2) is 0 Å². The summed E-state index contributed by atoms with van der Waals surface area (Å²) in [5, 5.41) is 6.04. The zero-order valence-corrected chi connectivity index (χ0v) is 25.1. The Hall–Kier alpha value is -4.66. The van der Waals surface area contributed by atoms with Crippen LogP contribution in [0.3, 0.4) is 0 Å². The van der Waals surface area contributed by atoms with Gasteiger partial charge >= 0.3 is 0 Å². The zero-order chi connectivity index (χ0) is 30.3. The van der Waals surface area contributed by atoms with Crippen LogP contribution in [0.5, 0.6) is 0 Å². The van der Waals surface area contributed by atoms with Gasteiger partial charge in [-0.1, -0.05) is 30.3 Å². The molecule has 0 spiro atoms.